The molecule has 3 nitrogen and oxygen atoms in total. The number of benzene rings is 1. The Labute approximate surface area is 150 Å². The van der Waals surface area contributed by atoms with E-state index in [4.69, 9.17) is 0 Å². The number of amides is 1. The minimum atomic E-state index is -0.256. The van der Waals surface area contributed by atoms with E-state index in [1.54, 1.807) is 12.1 Å². The summed E-state index contributed by atoms with van der Waals surface area (Å²) in [5.41, 5.74) is 0.887. The molecule has 1 aromatic carbocycles. The third-order valence-electron chi connectivity index (χ3n) is 5.59. The topological polar surface area (TPSA) is 23.6 Å². The minimum absolute atomic E-state index is 0.165. The highest BCUT2D eigenvalue weighted by Gasteiger charge is 2.34. The van der Waals surface area contributed by atoms with Crippen molar-refractivity contribution < 1.29 is 9.18 Å². The lowest BCUT2D eigenvalue weighted by Crippen LogP contribution is -2.53. The normalized spacial score (nSPS) is 24.2. The van der Waals surface area contributed by atoms with Crippen molar-refractivity contribution >= 4 is 5.91 Å². The summed E-state index contributed by atoms with van der Waals surface area (Å²) in [4.78, 5) is 17.6. The van der Waals surface area contributed by atoms with Crippen molar-refractivity contribution in [1.29, 1.82) is 0 Å². The molecule has 1 aromatic rings. The first kappa shape index (κ1) is 18.1. The molecule has 1 amide bonds. The average molecular weight is 344 g/mol. The van der Waals surface area contributed by atoms with Gasteiger partial charge in [-0.3, -0.25) is 9.69 Å². The monoisotopic (exact) mass is 344 g/mol. The molecule has 1 heterocycles. The molecule has 1 aliphatic heterocycles. The Bertz CT molecular complexity index is 590. The lowest BCUT2D eigenvalue weighted by atomic mass is 9.98. The van der Waals surface area contributed by atoms with Crippen LogP contribution in [0, 0.1) is 5.82 Å². The van der Waals surface area contributed by atoms with Crippen LogP contribution in [0.5, 0.6) is 0 Å². The number of nitrogens with zero attached hydrogens (tertiary/aromatic N) is 2. The predicted molar refractivity (Wildman–Crippen MR) is 98.9 cm³/mol. The summed E-state index contributed by atoms with van der Waals surface area (Å²) in [5.74, 6) is -0.0907. The number of carbonyl (C=O) groups excluding carboxylic acids is 1. The maximum atomic E-state index is 13.1. The molecule has 0 spiro atoms. The molecule has 0 saturated heterocycles. The van der Waals surface area contributed by atoms with Gasteiger partial charge in [0.25, 0.3) is 0 Å². The van der Waals surface area contributed by atoms with Crippen molar-refractivity contribution in [3.63, 3.8) is 0 Å². The van der Waals surface area contributed by atoms with Crippen molar-refractivity contribution in [3.05, 3.63) is 47.8 Å². The smallest absolute Gasteiger partial charge is 0.227 e. The predicted octanol–water partition coefficient (Wildman–Crippen LogP) is 3.79. The quantitative estimate of drug-likeness (QED) is 0.599. The van der Waals surface area contributed by atoms with Gasteiger partial charge in [-0.05, 0) is 37.5 Å². The number of likely N-dealkylation sites (N-methyl/N-ethyl adjacent to an activating group) is 1. The van der Waals surface area contributed by atoms with Gasteiger partial charge in [-0.1, -0.05) is 43.5 Å². The van der Waals surface area contributed by atoms with Crippen LogP contribution in [-0.4, -0.2) is 47.4 Å². The molecule has 4 heteroatoms. The number of halogens is 1. The molecule has 2 unspecified atom stereocenters. The van der Waals surface area contributed by atoms with Crippen molar-refractivity contribution in [2.24, 2.45) is 0 Å². The number of hydrogen-bond acceptors (Lipinski definition) is 2. The van der Waals surface area contributed by atoms with E-state index in [-0.39, 0.29) is 11.7 Å². The van der Waals surface area contributed by atoms with Crippen LogP contribution in [0.1, 0.15) is 44.6 Å². The van der Waals surface area contributed by atoms with Crippen LogP contribution in [0.2, 0.25) is 0 Å². The average Bonchev–Trinajstić information content (AvgIpc) is 3.04. The highest BCUT2D eigenvalue weighted by Crippen LogP contribution is 2.28. The third-order valence-corrected chi connectivity index (χ3v) is 5.59. The molecule has 1 aliphatic carbocycles. The van der Waals surface area contributed by atoms with E-state index >= 15 is 0 Å². The summed E-state index contributed by atoms with van der Waals surface area (Å²) in [7, 11) is 0. The van der Waals surface area contributed by atoms with E-state index < -0.39 is 0 Å². The standard InChI is InChI=1S/C21H29FN2O/c1-2-24(21(25)16-17-10-12-18(22)13-11-17)20-9-5-3-4-8-19(20)23-14-6-7-15-23/h6-7,10-13,19-20H,2-5,8-9,14-16H2,1H3. The van der Waals surface area contributed by atoms with Crippen LogP contribution in [0.3, 0.4) is 0 Å². The van der Waals surface area contributed by atoms with Crippen molar-refractivity contribution in [1.82, 2.24) is 9.80 Å². The fraction of sp³-hybridized carbons (Fsp3) is 0.571. The number of rotatable bonds is 5. The van der Waals surface area contributed by atoms with Gasteiger partial charge in [0.05, 0.1) is 6.42 Å². The lowest BCUT2D eigenvalue weighted by molar-refractivity contribution is -0.134. The molecule has 25 heavy (non-hydrogen) atoms. The van der Waals surface area contributed by atoms with Gasteiger partial charge < -0.3 is 4.90 Å². The molecule has 0 N–H and O–H groups in total. The Morgan fingerprint density at radius 2 is 1.80 bits per heavy atom. The van der Waals surface area contributed by atoms with E-state index in [1.165, 1.54) is 37.8 Å². The van der Waals surface area contributed by atoms with Gasteiger partial charge in [-0.25, -0.2) is 4.39 Å². The van der Waals surface area contributed by atoms with Crippen LogP contribution in [0.4, 0.5) is 4.39 Å². The van der Waals surface area contributed by atoms with Crippen LogP contribution < -0.4 is 0 Å². The van der Waals surface area contributed by atoms with Crippen LogP contribution in [0.25, 0.3) is 0 Å². The molecule has 2 atom stereocenters. The van der Waals surface area contributed by atoms with Gasteiger partial charge in [0.15, 0.2) is 0 Å². The van der Waals surface area contributed by atoms with E-state index in [2.05, 4.69) is 28.9 Å². The fourth-order valence-electron chi connectivity index (χ4n) is 4.30. The van der Waals surface area contributed by atoms with Gasteiger partial charge in [0.2, 0.25) is 5.91 Å². The van der Waals surface area contributed by atoms with E-state index in [0.29, 0.717) is 18.5 Å². The zero-order valence-electron chi connectivity index (χ0n) is 15.2. The van der Waals surface area contributed by atoms with Gasteiger partial charge in [-0.15, -0.1) is 0 Å². The molecule has 1 fully saturated rings. The Kier molecular flexibility index (Phi) is 6.24. The van der Waals surface area contributed by atoms with Crippen molar-refractivity contribution in [3.8, 4) is 0 Å². The summed E-state index contributed by atoms with van der Waals surface area (Å²) in [6.45, 7) is 4.82. The molecule has 0 aromatic heterocycles. The van der Waals surface area contributed by atoms with Crippen molar-refractivity contribution in [2.45, 2.75) is 57.5 Å². The Morgan fingerprint density at radius 1 is 1.12 bits per heavy atom. The Balaban J connectivity index is 1.73. The van der Waals surface area contributed by atoms with E-state index in [1.807, 2.05) is 0 Å². The number of carbonyl (C=O) groups is 1. The number of hydrogen-bond donors (Lipinski definition) is 0. The SMILES string of the molecule is CCN(C(=O)Cc1ccc(F)cc1)C1CCCCCC1N1CC=CC1. The fourth-order valence-corrected chi connectivity index (χ4v) is 4.30. The minimum Gasteiger partial charge on any atom is -0.338 e. The lowest BCUT2D eigenvalue weighted by Gasteiger charge is -2.40. The highest BCUT2D eigenvalue weighted by atomic mass is 19.1. The maximum absolute atomic E-state index is 13.1. The molecular weight excluding hydrogens is 315 g/mol. The van der Waals surface area contributed by atoms with Crippen molar-refractivity contribution in [2.75, 3.05) is 19.6 Å². The van der Waals surface area contributed by atoms with Gasteiger partial charge in [0, 0.05) is 31.7 Å². The first-order chi connectivity index (χ1) is 12.2. The Hall–Kier alpha value is -1.68. The van der Waals surface area contributed by atoms with Crippen LogP contribution >= 0.6 is 0 Å². The molecule has 1 saturated carbocycles. The zero-order chi connectivity index (χ0) is 17.6. The van der Waals surface area contributed by atoms with Gasteiger partial charge in [-0.2, -0.15) is 0 Å². The first-order valence-corrected chi connectivity index (χ1v) is 9.62. The second-order valence-electron chi connectivity index (χ2n) is 7.18. The summed E-state index contributed by atoms with van der Waals surface area (Å²) in [5, 5.41) is 0. The second kappa shape index (κ2) is 8.61. The van der Waals surface area contributed by atoms with Gasteiger partial charge in [0.1, 0.15) is 5.82 Å². The molecule has 2 aliphatic rings. The second-order valence-corrected chi connectivity index (χ2v) is 7.18. The molecule has 0 bridgehead atoms. The molecule has 136 valence electrons. The molecule has 0 radical (unpaired) electrons. The Morgan fingerprint density at radius 3 is 2.48 bits per heavy atom. The van der Waals surface area contributed by atoms with Crippen LogP contribution in [0.15, 0.2) is 36.4 Å². The first-order valence-electron chi connectivity index (χ1n) is 9.62. The van der Waals surface area contributed by atoms with Crippen LogP contribution in [-0.2, 0) is 11.2 Å². The zero-order valence-corrected chi connectivity index (χ0v) is 15.2. The summed E-state index contributed by atoms with van der Waals surface area (Å²) in [6, 6.07) is 7.05. The van der Waals surface area contributed by atoms with E-state index in [0.717, 1.165) is 31.6 Å². The van der Waals surface area contributed by atoms with Gasteiger partial charge >= 0.3 is 0 Å². The third kappa shape index (κ3) is 4.49. The summed E-state index contributed by atoms with van der Waals surface area (Å²) < 4.78 is 13.1. The summed E-state index contributed by atoms with van der Waals surface area (Å²) in [6.07, 6.45) is 10.8. The summed E-state index contributed by atoms with van der Waals surface area (Å²) >= 11 is 0. The molecule has 3 rings (SSSR count). The highest BCUT2D eigenvalue weighted by molar-refractivity contribution is 5.79. The molecular formula is C21H29FN2O. The van der Waals surface area contributed by atoms with E-state index in [9.17, 15) is 9.18 Å². The largest absolute Gasteiger partial charge is 0.338 e. The maximum Gasteiger partial charge on any atom is 0.227 e.